The van der Waals surface area contributed by atoms with Crippen LogP contribution in [0.15, 0.2) is 71.8 Å². The molecular weight excluding hydrogens is 575 g/mol. The van der Waals surface area contributed by atoms with E-state index in [1.807, 2.05) is 18.2 Å². The zero-order chi connectivity index (χ0) is 29.8. The van der Waals surface area contributed by atoms with Gasteiger partial charge in [0, 0.05) is 22.7 Å². The lowest BCUT2D eigenvalue weighted by Crippen LogP contribution is -2.17. The van der Waals surface area contributed by atoms with Gasteiger partial charge in [0.05, 0.1) is 18.2 Å². The first-order valence-electron chi connectivity index (χ1n) is 14.7. The van der Waals surface area contributed by atoms with Crippen molar-refractivity contribution in [2.24, 2.45) is 0 Å². The summed E-state index contributed by atoms with van der Waals surface area (Å²) in [5.74, 6) is 0.727. The number of fused-ring (bicyclic) bond motifs is 2. The molecule has 2 aliphatic rings. The average molecular weight is 608 g/mol. The average Bonchev–Trinajstić information content (AvgIpc) is 3.41. The van der Waals surface area contributed by atoms with Crippen LogP contribution < -0.4 is 5.32 Å². The molecule has 0 saturated heterocycles. The number of thioether (sulfide) groups is 1. The highest BCUT2D eigenvalue weighted by Gasteiger charge is 2.31. The highest BCUT2D eigenvalue weighted by molar-refractivity contribution is 7.99. The number of nitriles is 1. The van der Waals surface area contributed by atoms with Gasteiger partial charge >= 0.3 is 5.97 Å². The van der Waals surface area contributed by atoms with Gasteiger partial charge in [0.25, 0.3) is 0 Å². The molecular formula is C35H33N3O3S2. The number of amides is 1. The zero-order valence-electron chi connectivity index (χ0n) is 24.1. The Hall–Kier alpha value is -3.93. The highest BCUT2D eigenvalue weighted by atomic mass is 32.2. The van der Waals surface area contributed by atoms with Gasteiger partial charge in [-0.25, -0.2) is 9.78 Å². The second kappa shape index (κ2) is 13.2. The summed E-state index contributed by atoms with van der Waals surface area (Å²) in [5, 5.41) is 14.1. The monoisotopic (exact) mass is 607 g/mol. The van der Waals surface area contributed by atoms with Crippen LogP contribution >= 0.6 is 23.1 Å². The first kappa shape index (κ1) is 29.2. The van der Waals surface area contributed by atoms with E-state index in [1.54, 1.807) is 0 Å². The Morgan fingerprint density at radius 2 is 1.70 bits per heavy atom. The molecule has 0 bridgehead atoms. The highest BCUT2D eigenvalue weighted by Crippen LogP contribution is 2.43. The summed E-state index contributed by atoms with van der Waals surface area (Å²) in [6, 6.07) is 25.3. The van der Waals surface area contributed by atoms with Crippen LogP contribution in [0.5, 0.6) is 0 Å². The number of methoxy groups -OCH3 is 1. The van der Waals surface area contributed by atoms with Gasteiger partial charge in [0.1, 0.15) is 16.1 Å². The third-order valence-electron chi connectivity index (χ3n) is 8.49. The molecule has 2 aliphatic carbocycles. The summed E-state index contributed by atoms with van der Waals surface area (Å²) in [6.45, 7) is 0. The number of pyridine rings is 1. The maximum Gasteiger partial charge on any atom is 0.341 e. The lowest BCUT2D eigenvalue weighted by molar-refractivity contribution is -0.115. The molecule has 1 N–H and O–H groups in total. The van der Waals surface area contributed by atoms with Crippen LogP contribution in [0.4, 0.5) is 5.00 Å². The lowest BCUT2D eigenvalue weighted by atomic mass is 9.82. The lowest BCUT2D eigenvalue weighted by Gasteiger charge is -2.25. The maximum absolute atomic E-state index is 13.1. The van der Waals surface area contributed by atoms with Crippen molar-refractivity contribution in [3.8, 4) is 6.07 Å². The van der Waals surface area contributed by atoms with Gasteiger partial charge in [-0.05, 0) is 78.7 Å². The van der Waals surface area contributed by atoms with Gasteiger partial charge in [-0.1, -0.05) is 60.7 Å². The third-order valence-corrected chi connectivity index (χ3v) is 10.7. The maximum atomic E-state index is 13.1. The second-order valence-electron chi connectivity index (χ2n) is 11.1. The van der Waals surface area contributed by atoms with Crippen LogP contribution in [0.2, 0.25) is 0 Å². The van der Waals surface area contributed by atoms with Crippen LogP contribution in [0.1, 0.15) is 79.8 Å². The number of hydrogen-bond donors (Lipinski definition) is 1. The number of benzene rings is 2. The minimum atomic E-state index is -0.410. The van der Waals surface area contributed by atoms with Crippen LogP contribution in [0, 0.1) is 11.3 Å². The molecule has 6 rings (SSSR count). The first-order valence-corrected chi connectivity index (χ1v) is 16.5. The molecule has 2 atom stereocenters. The van der Waals surface area contributed by atoms with E-state index in [-0.39, 0.29) is 12.3 Å². The quantitative estimate of drug-likeness (QED) is 0.165. The van der Waals surface area contributed by atoms with E-state index in [9.17, 15) is 14.9 Å². The van der Waals surface area contributed by atoms with Crippen molar-refractivity contribution in [3.05, 3.63) is 111 Å². The van der Waals surface area contributed by atoms with E-state index >= 15 is 0 Å². The SMILES string of the molecule is COC(=O)c1c(NC(=O)CCSc2nc3c(cc2C#N)CC(c2ccccc2)CC3)sc2c1CCC(c1ccccc1)C2. The van der Waals surface area contributed by atoms with Crippen molar-refractivity contribution >= 4 is 40.0 Å². The van der Waals surface area contributed by atoms with Crippen LogP contribution in [0.3, 0.4) is 0 Å². The number of carbonyl (C=O) groups is 2. The molecule has 0 radical (unpaired) electrons. The Bertz CT molecular complexity index is 1680. The number of thiophene rings is 1. The van der Waals surface area contributed by atoms with Gasteiger partial charge < -0.3 is 10.1 Å². The summed E-state index contributed by atoms with van der Waals surface area (Å²) in [4.78, 5) is 31.8. The molecule has 2 heterocycles. The number of carbonyl (C=O) groups excluding carboxylic acids is 2. The fourth-order valence-electron chi connectivity index (χ4n) is 6.28. The molecule has 0 aliphatic heterocycles. The van der Waals surface area contributed by atoms with E-state index in [2.05, 4.69) is 59.9 Å². The molecule has 4 aromatic rings. The van der Waals surface area contributed by atoms with Gasteiger partial charge in [-0.3, -0.25) is 4.79 Å². The summed E-state index contributed by atoms with van der Waals surface area (Å²) in [5.41, 5.74) is 6.88. The zero-order valence-corrected chi connectivity index (χ0v) is 25.7. The fraction of sp³-hybridized carbons (Fsp3) is 0.314. The Labute approximate surface area is 260 Å². The van der Waals surface area contributed by atoms with Crippen molar-refractivity contribution < 1.29 is 14.3 Å². The Balaban J connectivity index is 1.11. The number of hydrogen-bond acceptors (Lipinski definition) is 7. The molecule has 1 amide bonds. The van der Waals surface area contributed by atoms with Gasteiger partial charge in [-0.15, -0.1) is 23.1 Å². The number of rotatable bonds is 8. The van der Waals surface area contributed by atoms with E-state index in [4.69, 9.17) is 9.72 Å². The minimum absolute atomic E-state index is 0.168. The molecule has 2 aromatic carbocycles. The molecule has 0 saturated carbocycles. The third kappa shape index (κ3) is 6.39. The molecule has 8 heteroatoms. The fourth-order valence-corrected chi connectivity index (χ4v) is 8.52. The summed E-state index contributed by atoms with van der Waals surface area (Å²) in [7, 11) is 1.38. The van der Waals surface area contributed by atoms with Crippen molar-refractivity contribution in [1.82, 2.24) is 4.98 Å². The van der Waals surface area contributed by atoms with Crippen molar-refractivity contribution in [3.63, 3.8) is 0 Å². The second-order valence-corrected chi connectivity index (χ2v) is 13.3. The van der Waals surface area contributed by atoms with E-state index in [0.29, 0.717) is 38.7 Å². The van der Waals surface area contributed by atoms with E-state index < -0.39 is 5.97 Å². The van der Waals surface area contributed by atoms with Gasteiger partial charge in [0.2, 0.25) is 5.91 Å². The van der Waals surface area contributed by atoms with Gasteiger partial charge in [0.15, 0.2) is 0 Å². The number of nitrogens with one attached hydrogen (secondary N) is 1. The Morgan fingerprint density at radius 1 is 1.02 bits per heavy atom. The Morgan fingerprint density at radius 3 is 2.37 bits per heavy atom. The topological polar surface area (TPSA) is 92.1 Å². The summed E-state index contributed by atoms with van der Waals surface area (Å²) < 4.78 is 5.11. The standard InChI is InChI=1S/C35H33N3O3S2/c1-41-35(40)32-28-14-12-25(23-10-6-3-7-11-23)20-30(28)43-34(32)38-31(39)16-17-42-33-27(21-36)19-26-18-24(13-15-29(26)37-33)22-8-4-2-5-9-22/h2-11,19,24-25H,12-18,20H2,1H3,(H,38,39). The smallest absolute Gasteiger partial charge is 0.341 e. The molecule has 2 aromatic heterocycles. The van der Waals surface area contributed by atoms with Crippen molar-refractivity contribution in [2.75, 3.05) is 18.2 Å². The van der Waals surface area contributed by atoms with Crippen molar-refractivity contribution in [2.45, 2.75) is 61.8 Å². The van der Waals surface area contributed by atoms with Crippen molar-refractivity contribution in [1.29, 1.82) is 5.26 Å². The number of nitrogens with zero attached hydrogens (tertiary/aromatic N) is 2. The first-order chi connectivity index (χ1) is 21.0. The van der Waals surface area contributed by atoms with Crippen LogP contribution in [0.25, 0.3) is 0 Å². The van der Waals surface area contributed by atoms with E-state index in [0.717, 1.165) is 60.2 Å². The Kier molecular flexibility index (Phi) is 8.92. The number of aryl methyl sites for hydroxylation is 1. The van der Waals surface area contributed by atoms with Gasteiger partial charge in [-0.2, -0.15) is 5.26 Å². The van der Waals surface area contributed by atoms with Crippen LogP contribution in [-0.4, -0.2) is 29.7 Å². The number of ether oxygens (including phenoxy) is 1. The molecule has 6 nitrogen and oxygen atoms in total. The predicted octanol–water partition coefficient (Wildman–Crippen LogP) is 7.47. The summed E-state index contributed by atoms with van der Waals surface area (Å²) in [6.07, 6.45) is 5.58. The summed E-state index contributed by atoms with van der Waals surface area (Å²) >= 11 is 2.93. The molecule has 0 spiro atoms. The largest absolute Gasteiger partial charge is 0.465 e. The molecule has 0 fully saturated rings. The number of aromatic nitrogens is 1. The molecule has 2 unspecified atom stereocenters. The van der Waals surface area contributed by atoms with E-state index in [1.165, 1.54) is 41.3 Å². The molecule has 218 valence electrons. The predicted molar refractivity (Wildman–Crippen MR) is 171 cm³/mol. The normalized spacial score (nSPS) is 17.3. The molecule has 43 heavy (non-hydrogen) atoms. The number of esters is 1. The van der Waals surface area contributed by atoms with Crippen LogP contribution in [-0.2, 0) is 35.2 Å². The number of anilines is 1. The minimum Gasteiger partial charge on any atom is -0.465 e.